The molecule has 0 aliphatic rings. The zero-order valence-electron chi connectivity index (χ0n) is 9.54. The van der Waals surface area contributed by atoms with Crippen molar-refractivity contribution in [1.82, 2.24) is 9.55 Å². The van der Waals surface area contributed by atoms with E-state index in [0.29, 0.717) is 10.2 Å². The lowest BCUT2D eigenvalue weighted by Crippen LogP contribution is -2.26. The summed E-state index contributed by atoms with van der Waals surface area (Å²) in [5, 5.41) is 2.34. The van der Waals surface area contributed by atoms with Crippen molar-refractivity contribution in [3.05, 3.63) is 28.1 Å². The summed E-state index contributed by atoms with van der Waals surface area (Å²) in [6.45, 7) is 3.43. The Bertz CT molecular complexity index is 600. The Morgan fingerprint density at radius 2 is 2.35 bits per heavy atom. The van der Waals surface area contributed by atoms with Gasteiger partial charge in [0.15, 0.2) is 0 Å². The van der Waals surface area contributed by atoms with Crippen LogP contribution in [0.5, 0.6) is 0 Å². The molecule has 2 aromatic heterocycles. The second kappa shape index (κ2) is 4.67. The predicted octanol–water partition coefficient (Wildman–Crippen LogP) is 1.41. The van der Waals surface area contributed by atoms with Crippen LogP contribution >= 0.6 is 11.3 Å². The molecule has 0 aromatic carbocycles. The second-order valence-corrected chi connectivity index (χ2v) is 4.75. The maximum Gasteiger partial charge on any atom is 0.326 e. The smallest absolute Gasteiger partial charge is 0.326 e. The number of nitrogens with zero attached hydrogens (tertiary/aromatic N) is 2. The van der Waals surface area contributed by atoms with Gasteiger partial charge in [0.1, 0.15) is 11.4 Å². The highest BCUT2D eigenvalue weighted by molar-refractivity contribution is 7.16. The summed E-state index contributed by atoms with van der Waals surface area (Å²) in [4.78, 5) is 28.2. The molecule has 0 fully saturated rings. The number of aromatic nitrogens is 2. The lowest BCUT2D eigenvalue weighted by atomic mass is 10.4. The van der Waals surface area contributed by atoms with E-state index in [0.717, 1.165) is 0 Å². The van der Waals surface area contributed by atoms with Gasteiger partial charge in [0.2, 0.25) is 0 Å². The number of rotatable bonds is 3. The van der Waals surface area contributed by atoms with Crippen LogP contribution in [0.1, 0.15) is 13.8 Å². The Labute approximate surface area is 102 Å². The van der Waals surface area contributed by atoms with E-state index in [9.17, 15) is 9.59 Å². The molecule has 5 nitrogen and oxygen atoms in total. The van der Waals surface area contributed by atoms with Gasteiger partial charge in [-0.15, -0.1) is 11.3 Å². The van der Waals surface area contributed by atoms with Crippen LogP contribution in [0.15, 0.2) is 22.6 Å². The molecule has 2 aromatic rings. The number of carbonyl (C=O) groups is 1. The fraction of sp³-hybridized carbons (Fsp3) is 0.364. The molecule has 0 unspecified atom stereocenters. The maximum atomic E-state index is 11.9. The molecule has 90 valence electrons. The first-order valence-electron chi connectivity index (χ1n) is 5.20. The number of hydrogen-bond acceptors (Lipinski definition) is 5. The molecule has 0 spiro atoms. The zero-order valence-corrected chi connectivity index (χ0v) is 10.4. The highest BCUT2D eigenvalue weighted by Crippen LogP contribution is 2.13. The molecule has 0 saturated heterocycles. The summed E-state index contributed by atoms with van der Waals surface area (Å²) in [5.74, 6) is -0.432. The highest BCUT2D eigenvalue weighted by Gasteiger charge is 2.10. The van der Waals surface area contributed by atoms with Crippen molar-refractivity contribution in [2.75, 3.05) is 0 Å². The van der Waals surface area contributed by atoms with Gasteiger partial charge in [0.05, 0.1) is 17.8 Å². The van der Waals surface area contributed by atoms with Gasteiger partial charge in [-0.25, -0.2) is 4.98 Å². The minimum Gasteiger partial charge on any atom is -0.462 e. The molecule has 0 radical (unpaired) electrons. The van der Waals surface area contributed by atoms with Gasteiger partial charge >= 0.3 is 5.97 Å². The number of hydrogen-bond donors (Lipinski definition) is 0. The van der Waals surface area contributed by atoms with Crippen LogP contribution in [0.25, 0.3) is 10.2 Å². The van der Waals surface area contributed by atoms with E-state index in [1.807, 2.05) is 0 Å². The molecule has 0 saturated carbocycles. The summed E-state index contributed by atoms with van der Waals surface area (Å²) in [7, 11) is 0. The molecular weight excluding hydrogens is 240 g/mol. The van der Waals surface area contributed by atoms with Crippen molar-refractivity contribution in [3.63, 3.8) is 0 Å². The summed E-state index contributed by atoms with van der Waals surface area (Å²) in [5.41, 5.74) is -0.211. The van der Waals surface area contributed by atoms with Gasteiger partial charge in [0.25, 0.3) is 5.56 Å². The first-order valence-corrected chi connectivity index (χ1v) is 6.08. The summed E-state index contributed by atoms with van der Waals surface area (Å²) in [6, 6.07) is 1.71. The molecule has 0 N–H and O–H groups in total. The molecule has 0 atom stereocenters. The first-order chi connectivity index (χ1) is 8.08. The minimum absolute atomic E-state index is 0.101. The van der Waals surface area contributed by atoms with E-state index < -0.39 is 5.97 Å². The third-order valence-corrected chi connectivity index (χ3v) is 2.94. The zero-order chi connectivity index (χ0) is 12.4. The van der Waals surface area contributed by atoms with Crippen LogP contribution in [0.3, 0.4) is 0 Å². The Kier molecular flexibility index (Phi) is 3.23. The Morgan fingerprint density at radius 1 is 1.59 bits per heavy atom. The molecule has 0 amide bonds. The molecule has 6 heteroatoms. The fourth-order valence-corrected chi connectivity index (χ4v) is 2.17. The minimum atomic E-state index is -0.432. The van der Waals surface area contributed by atoms with Crippen LogP contribution in [-0.2, 0) is 16.1 Å². The molecular formula is C11H12N2O3S. The third kappa shape index (κ3) is 2.52. The van der Waals surface area contributed by atoms with Gasteiger partial charge in [-0.1, -0.05) is 0 Å². The average molecular weight is 252 g/mol. The van der Waals surface area contributed by atoms with E-state index in [-0.39, 0.29) is 18.2 Å². The topological polar surface area (TPSA) is 61.2 Å². The maximum absolute atomic E-state index is 11.9. The number of ether oxygens (including phenoxy) is 1. The van der Waals surface area contributed by atoms with Gasteiger partial charge < -0.3 is 4.74 Å². The van der Waals surface area contributed by atoms with Crippen molar-refractivity contribution in [2.24, 2.45) is 0 Å². The first kappa shape index (κ1) is 11.8. The number of esters is 1. The molecule has 17 heavy (non-hydrogen) atoms. The standard InChI is InChI=1S/C11H12N2O3S/c1-7(2)16-9(14)5-13-6-12-10-8(11(13)15)3-4-17-10/h3-4,6-7H,5H2,1-2H3. The van der Waals surface area contributed by atoms with Crippen LogP contribution in [-0.4, -0.2) is 21.6 Å². The van der Waals surface area contributed by atoms with Crippen LogP contribution in [0.2, 0.25) is 0 Å². The fourth-order valence-electron chi connectivity index (χ4n) is 1.45. The van der Waals surface area contributed by atoms with Crippen molar-refractivity contribution < 1.29 is 9.53 Å². The van der Waals surface area contributed by atoms with Crippen LogP contribution in [0.4, 0.5) is 0 Å². The van der Waals surface area contributed by atoms with Crippen molar-refractivity contribution in [1.29, 1.82) is 0 Å². The van der Waals surface area contributed by atoms with Crippen LogP contribution in [0, 0.1) is 0 Å². The van der Waals surface area contributed by atoms with Crippen LogP contribution < -0.4 is 5.56 Å². The number of carbonyl (C=O) groups excluding carboxylic acids is 1. The molecule has 0 aliphatic carbocycles. The molecule has 2 heterocycles. The van der Waals surface area contributed by atoms with E-state index >= 15 is 0 Å². The second-order valence-electron chi connectivity index (χ2n) is 3.86. The normalized spacial score (nSPS) is 11.0. The van der Waals surface area contributed by atoms with E-state index in [1.54, 1.807) is 25.3 Å². The average Bonchev–Trinajstić information content (AvgIpc) is 2.69. The predicted molar refractivity (Wildman–Crippen MR) is 65.1 cm³/mol. The van der Waals surface area contributed by atoms with E-state index in [4.69, 9.17) is 4.74 Å². The summed E-state index contributed by atoms with van der Waals surface area (Å²) in [6.07, 6.45) is 1.19. The van der Waals surface area contributed by atoms with Gasteiger partial charge in [-0.05, 0) is 25.3 Å². The monoisotopic (exact) mass is 252 g/mol. The lowest BCUT2D eigenvalue weighted by molar-refractivity contribution is -0.148. The number of thiophene rings is 1. The quantitative estimate of drug-likeness (QED) is 0.775. The van der Waals surface area contributed by atoms with Gasteiger partial charge in [-0.2, -0.15) is 0 Å². The van der Waals surface area contributed by atoms with Gasteiger partial charge in [-0.3, -0.25) is 14.2 Å². The van der Waals surface area contributed by atoms with E-state index in [1.165, 1.54) is 22.2 Å². The SMILES string of the molecule is CC(C)OC(=O)Cn1cnc2sccc2c1=O. The highest BCUT2D eigenvalue weighted by atomic mass is 32.1. The number of fused-ring (bicyclic) bond motifs is 1. The van der Waals surface area contributed by atoms with Crippen molar-refractivity contribution in [3.8, 4) is 0 Å². The van der Waals surface area contributed by atoms with E-state index in [2.05, 4.69) is 4.98 Å². The Morgan fingerprint density at radius 3 is 3.06 bits per heavy atom. The molecule has 0 bridgehead atoms. The third-order valence-electron chi connectivity index (χ3n) is 2.12. The Balaban J connectivity index is 2.27. The van der Waals surface area contributed by atoms with Crippen molar-refractivity contribution >= 4 is 27.5 Å². The molecule has 0 aliphatic heterocycles. The lowest BCUT2D eigenvalue weighted by Gasteiger charge is -2.08. The summed E-state index contributed by atoms with van der Waals surface area (Å²) < 4.78 is 6.24. The van der Waals surface area contributed by atoms with Gasteiger partial charge in [0, 0.05) is 0 Å². The largest absolute Gasteiger partial charge is 0.462 e. The summed E-state index contributed by atoms with van der Waals surface area (Å²) >= 11 is 1.40. The van der Waals surface area contributed by atoms with Crippen molar-refractivity contribution in [2.45, 2.75) is 26.5 Å². The Hall–Kier alpha value is -1.69. The molecule has 2 rings (SSSR count).